The molecule has 0 aliphatic heterocycles. The van der Waals surface area contributed by atoms with Crippen LogP contribution in [0.5, 0.6) is 0 Å². The molecular weight excluding hydrogens is 530 g/mol. The third kappa shape index (κ3) is 3.38. The second kappa shape index (κ2) is 9.11. The summed E-state index contributed by atoms with van der Waals surface area (Å²) in [6.45, 7) is 6.93. The molecule has 0 fully saturated rings. The molecule has 1 nitrogen and oxygen atoms in total. The Balaban J connectivity index is 1.47. The topological polar surface area (TPSA) is 12.9 Å². The first kappa shape index (κ1) is 25.2. The molecule has 1 heterocycles. The Morgan fingerprint density at radius 2 is 1.05 bits per heavy atom. The molecule has 1 aliphatic rings. The normalized spacial score (nSPS) is 13.5. The van der Waals surface area contributed by atoms with E-state index in [1.807, 2.05) is 6.20 Å². The molecule has 0 spiro atoms. The van der Waals surface area contributed by atoms with Crippen molar-refractivity contribution in [1.82, 2.24) is 4.98 Å². The van der Waals surface area contributed by atoms with Crippen LogP contribution in [0.1, 0.15) is 30.5 Å². The standard InChI is InChI=1S/C43H31N/c1-26-19-21-27(22-20-26)39-31-14-6-8-16-33(31)41(34-17-9-7-15-32(34)39)35-23-38-42(30-13-5-4-12-29(30)35)36-25-44-24-28-11-10-18-37(40(28)36)43(38,2)3/h4-25H,1-3H3. The molecule has 0 atom stereocenters. The van der Waals surface area contributed by atoms with E-state index in [0.29, 0.717) is 0 Å². The first-order valence-corrected chi connectivity index (χ1v) is 15.5. The minimum atomic E-state index is -0.185. The average Bonchev–Trinajstić information content (AvgIpc) is 3.06. The predicted molar refractivity (Wildman–Crippen MR) is 187 cm³/mol. The highest BCUT2D eigenvalue weighted by molar-refractivity contribution is 6.25. The van der Waals surface area contributed by atoms with Crippen LogP contribution < -0.4 is 0 Å². The van der Waals surface area contributed by atoms with E-state index in [4.69, 9.17) is 4.98 Å². The summed E-state index contributed by atoms with van der Waals surface area (Å²) in [5.74, 6) is 0. The van der Waals surface area contributed by atoms with Crippen molar-refractivity contribution < 1.29 is 0 Å². The van der Waals surface area contributed by atoms with Crippen LogP contribution in [0.3, 0.4) is 0 Å². The second-order valence-corrected chi connectivity index (χ2v) is 12.8. The van der Waals surface area contributed by atoms with Gasteiger partial charge in [0.25, 0.3) is 0 Å². The monoisotopic (exact) mass is 561 g/mol. The minimum absolute atomic E-state index is 0.185. The molecule has 0 unspecified atom stereocenters. The summed E-state index contributed by atoms with van der Waals surface area (Å²) in [6.07, 6.45) is 4.08. The fourth-order valence-corrected chi connectivity index (χ4v) is 7.91. The molecule has 0 saturated carbocycles. The molecule has 8 aromatic rings. The van der Waals surface area contributed by atoms with Gasteiger partial charge < -0.3 is 0 Å². The van der Waals surface area contributed by atoms with Crippen molar-refractivity contribution in [2.45, 2.75) is 26.2 Å². The van der Waals surface area contributed by atoms with Gasteiger partial charge in [0.1, 0.15) is 0 Å². The first-order valence-electron chi connectivity index (χ1n) is 15.5. The summed E-state index contributed by atoms with van der Waals surface area (Å²) in [5.41, 5.74) is 11.5. The van der Waals surface area contributed by atoms with Gasteiger partial charge in [0.2, 0.25) is 0 Å². The van der Waals surface area contributed by atoms with Gasteiger partial charge in [-0.15, -0.1) is 0 Å². The SMILES string of the molecule is Cc1ccc(-c2c3ccccc3c(-c3cc4c(c5ccccc35)-c3cncc5cccc(c35)C4(C)C)c3ccccc23)cc1. The van der Waals surface area contributed by atoms with Crippen LogP contribution in [0.4, 0.5) is 0 Å². The maximum atomic E-state index is 4.72. The molecule has 44 heavy (non-hydrogen) atoms. The van der Waals surface area contributed by atoms with Crippen molar-refractivity contribution in [3.63, 3.8) is 0 Å². The van der Waals surface area contributed by atoms with E-state index < -0.39 is 0 Å². The summed E-state index contributed by atoms with van der Waals surface area (Å²) < 4.78 is 0. The number of benzene rings is 7. The third-order valence-corrected chi connectivity index (χ3v) is 9.98. The van der Waals surface area contributed by atoms with Crippen LogP contribution in [0.25, 0.3) is 76.5 Å². The molecular formula is C43H31N. The summed E-state index contributed by atoms with van der Waals surface area (Å²) in [5, 5.41) is 10.2. The number of fused-ring (bicyclic) bond motifs is 6. The maximum Gasteiger partial charge on any atom is 0.0353 e. The summed E-state index contributed by atoms with van der Waals surface area (Å²) in [7, 11) is 0. The molecule has 0 bridgehead atoms. The number of aryl methyl sites for hydroxylation is 1. The van der Waals surface area contributed by atoms with E-state index in [9.17, 15) is 0 Å². The summed E-state index contributed by atoms with van der Waals surface area (Å²) in [6, 6.07) is 45.1. The molecule has 7 aromatic carbocycles. The molecule has 0 radical (unpaired) electrons. The van der Waals surface area contributed by atoms with Crippen molar-refractivity contribution in [3.8, 4) is 33.4 Å². The van der Waals surface area contributed by atoms with Gasteiger partial charge in [-0.3, -0.25) is 4.98 Å². The number of hydrogen-bond donors (Lipinski definition) is 0. The van der Waals surface area contributed by atoms with Crippen LogP contribution in [-0.2, 0) is 5.41 Å². The quantitative estimate of drug-likeness (QED) is 0.191. The van der Waals surface area contributed by atoms with Crippen LogP contribution in [0.15, 0.2) is 134 Å². The van der Waals surface area contributed by atoms with Gasteiger partial charge >= 0.3 is 0 Å². The van der Waals surface area contributed by atoms with E-state index in [0.717, 1.165) is 0 Å². The second-order valence-electron chi connectivity index (χ2n) is 12.8. The molecule has 9 rings (SSSR count). The largest absolute Gasteiger partial charge is 0.263 e. The van der Waals surface area contributed by atoms with Gasteiger partial charge in [-0.05, 0) is 89.6 Å². The molecule has 0 saturated heterocycles. The zero-order chi connectivity index (χ0) is 29.6. The Labute approximate surface area is 257 Å². The highest BCUT2D eigenvalue weighted by Crippen LogP contribution is 2.54. The molecule has 1 heteroatoms. The Bertz CT molecular complexity index is 2400. The number of hydrogen-bond acceptors (Lipinski definition) is 1. The Morgan fingerprint density at radius 3 is 1.68 bits per heavy atom. The van der Waals surface area contributed by atoms with Crippen LogP contribution >= 0.6 is 0 Å². The summed E-state index contributed by atoms with van der Waals surface area (Å²) in [4.78, 5) is 4.72. The zero-order valence-corrected chi connectivity index (χ0v) is 25.1. The highest BCUT2D eigenvalue weighted by Gasteiger charge is 2.35. The molecule has 0 N–H and O–H groups in total. The van der Waals surface area contributed by atoms with Crippen LogP contribution in [0, 0.1) is 6.92 Å². The fourth-order valence-electron chi connectivity index (χ4n) is 7.91. The molecule has 208 valence electrons. The van der Waals surface area contributed by atoms with E-state index in [2.05, 4.69) is 148 Å². The van der Waals surface area contributed by atoms with Gasteiger partial charge in [0, 0.05) is 28.8 Å². The molecule has 1 aromatic heterocycles. The number of nitrogens with zero attached hydrogens (tertiary/aromatic N) is 1. The minimum Gasteiger partial charge on any atom is -0.263 e. The van der Waals surface area contributed by atoms with E-state index in [-0.39, 0.29) is 5.41 Å². The van der Waals surface area contributed by atoms with Crippen molar-refractivity contribution >= 4 is 43.1 Å². The lowest BCUT2D eigenvalue weighted by Crippen LogP contribution is -2.24. The first-order chi connectivity index (χ1) is 21.5. The van der Waals surface area contributed by atoms with Crippen molar-refractivity contribution in [3.05, 3.63) is 150 Å². The van der Waals surface area contributed by atoms with Gasteiger partial charge in [-0.25, -0.2) is 0 Å². The lowest BCUT2D eigenvalue weighted by atomic mass is 9.67. The Morgan fingerprint density at radius 1 is 0.477 bits per heavy atom. The average molecular weight is 562 g/mol. The Kier molecular flexibility index (Phi) is 5.23. The maximum absolute atomic E-state index is 4.72. The van der Waals surface area contributed by atoms with E-state index >= 15 is 0 Å². The number of aromatic nitrogens is 1. The van der Waals surface area contributed by atoms with Gasteiger partial charge in [0.15, 0.2) is 0 Å². The fraction of sp³-hybridized carbons (Fsp3) is 0.0930. The Hall–Kier alpha value is -5.27. The van der Waals surface area contributed by atoms with Crippen LogP contribution in [-0.4, -0.2) is 4.98 Å². The smallest absolute Gasteiger partial charge is 0.0353 e. The highest BCUT2D eigenvalue weighted by atomic mass is 14.6. The molecule has 1 aliphatic carbocycles. The van der Waals surface area contributed by atoms with Crippen LogP contribution in [0.2, 0.25) is 0 Å². The van der Waals surface area contributed by atoms with E-state index in [1.54, 1.807) is 0 Å². The zero-order valence-electron chi connectivity index (χ0n) is 25.1. The molecule has 0 amide bonds. The predicted octanol–water partition coefficient (Wildman–Crippen LogP) is 11.6. The van der Waals surface area contributed by atoms with Crippen molar-refractivity contribution in [2.75, 3.05) is 0 Å². The number of pyridine rings is 1. The van der Waals surface area contributed by atoms with Crippen molar-refractivity contribution in [1.29, 1.82) is 0 Å². The van der Waals surface area contributed by atoms with Gasteiger partial charge in [0.05, 0.1) is 0 Å². The summed E-state index contributed by atoms with van der Waals surface area (Å²) >= 11 is 0. The van der Waals surface area contributed by atoms with Gasteiger partial charge in [-0.1, -0.05) is 135 Å². The lowest BCUT2D eigenvalue weighted by Gasteiger charge is -2.36. The van der Waals surface area contributed by atoms with Gasteiger partial charge in [-0.2, -0.15) is 0 Å². The van der Waals surface area contributed by atoms with Crippen molar-refractivity contribution in [2.24, 2.45) is 0 Å². The lowest BCUT2D eigenvalue weighted by molar-refractivity contribution is 0.646. The third-order valence-electron chi connectivity index (χ3n) is 9.98. The number of rotatable bonds is 2. The van der Waals surface area contributed by atoms with E-state index in [1.165, 1.54) is 93.2 Å².